The third kappa shape index (κ3) is 6.23. The lowest BCUT2D eigenvalue weighted by Crippen LogP contribution is -2.38. The van der Waals surface area contributed by atoms with Crippen molar-refractivity contribution >= 4 is 23.1 Å². The molecule has 232 valence electrons. The van der Waals surface area contributed by atoms with Crippen molar-refractivity contribution < 1.29 is 27.9 Å². The number of alkyl halides is 3. The predicted octanol–water partition coefficient (Wildman–Crippen LogP) is 6.85. The number of piperidine rings is 1. The first kappa shape index (κ1) is 29.9. The molecule has 1 aliphatic heterocycles. The van der Waals surface area contributed by atoms with Crippen LogP contribution in [0.1, 0.15) is 90.2 Å². The lowest BCUT2D eigenvalue weighted by atomic mass is 9.88. The summed E-state index contributed by atoms with van der Waals surface area (Å²) in [6.07, 6.45) is 3.39. The summed E-state index contributed by atoms with van der Waals surface area (Å²) in [6, 6.07) is 11.3. The van der Waals surface area contributed by atoms with E-state index in [4.69, 9.17) is 0 Å². The van der Waals surface area contributed by atoms with Gasteiger partial charge in [-0.2, -0.15) is 18.3 Å². The number of pyridine rings is 1. The third-order valence-electron chi connectivity index (χ3n) is 9.06. The van der Waals surface area contributed by atoms with Gasteiger partial charge in [-0.15, -0.1) is 0 Å². The smallest absolute Gasteiger partial charge is 0.434 e. The number of aryl methyl sites for hydroxylation is 1. The van der Waals surface area contributed by atoms with Crippen LogP contribution in [0.2, 0.25) is 0 Å². The quantitative estimate of drug-likeness (QED) is 0.291. The molecule has 44 heavy (non-hydrogen) atoms. The van der Waals surface area contributed by atoms with E-state index >= 15 is 0 Å². The Balaban J connectivity index is 1.18. The van der Waals surface area contributed by atoms with Crippen molar-refractivity contribution in [2.24, 2.45) is 5.92 Å². The van der Waals surface area contributed by atoms with E-state index in [1.54, 1.807) is 12.1 Å². The Morgan fingerprint density at radius 1 is 1.05 bits per heavy atom. The van der Waals surface area contributed by atoms with E-state index in [1.165, 1.54) is 11.6 Å². The fraction of sp³-hybridized carbons (Fsp3) is 0.455. The molecule has 1 aromatic carbocycles. The van der Waals surface area contributed by atoms with E-state index in [2.05, 4.69) is 40.5 Å². The highest BCUT2D eigenvalue weighted by Crippen LogP contribution is 2.37. The standard InChI is InChI=1S/C33H36F3N5O3/c1-20-17-23(21-13-15-40(16-14-21)31(42)22-9-10-22)11-12-27(20)37-18-24-5-2-3-6-25(24)28-7-4-8-29(39-28)41-30(33(34,35)36)26(19-38-41)32(43)44/h4,7-8,11-12,17,19,21-22,37H,2-3,5-6,9-10,13-16,18H2,1H3,(H,43,44). The fourth-order valence-electron chi connectivity index (χ4n) is 6.50. The minimum Gasteiger partial charge on any atom is -0.478 e. The number of allylic oxidation sites excluding steroid dienone is 1. The molecule has 1 saturated heterocycles. The van der Waals surface area contributed by atoms with E-state index in [-0.39, 0.29) is 11.7 Å². The summed E-state index contributed by atoms with van der Waals surface area (Å²) < 4.78 is 42.0. The summed E-state index contributed by atoms with van der Waals surface area (Å²) in [7, 11) is 0. The van der Waals surface area contributed by atoms with Gasteiger partial charge in [0.05, 0.1) is 11.9 Å². The van der Waals surface area contributed by atoms with Crippen LogP contribution in [0.25, 0.3) is 11.4 Å². The van der Waals surface area contributed by atoms with Gasteiger partial charge in [0, 0.05) is 31.2 Å². The highest BCUT2D eigenvalue weighted by molar-refractivity contribution is 5.89. The molecule has 3 aliphatic rings. The van der Waals surface area contributed by atoms with Crippen LogP contribution in [0.5, 0.6) is 0 Å². The van der Waals surface area contributed by atoms with Crippen LogP contribution in [0.3, 0.4) is 0 Å². The van der Waals surface area contributed by atoms with Gasteiger partial charge < -0.3 is 15.3 Å². The van der Waals surface area contributed by atoms with Crippen molar-refractivity contribution in [3.63, 3.8) is 0 Å². The molecule has 2 fully saturated rings. The lowest BCUT2D eigenvalue weighted by Gasteiger charge is -2.32. The molecular weight excluding hydrogens is 571 g/mol. The van der Waals surface area contributed by atoms with Crippen molar-refractivity contribution in [1.82, 2.24) is 19.7 Å². The Morgan fingerprint density at radius 3 is 2.48 bits per heavy atom. The van der Waals surface area contributed by atoms with Gasteiger partial charge in [0.25, 0.3) is 0 Å². The molecule has 8 nitrogen and oxygen atoms in total. The number of rotatable bonds is 8. The van der Waals surface area contributed by atoms with Gasteiger partial charge in [-0.3, -0.25) is 4.79 Å². The number of likely N-dealkylation sites (tertiary alicyclic amines) is 1. The van der Waals surface area contributed by atoms with Gasteiger partial charge in [0.15, 0.2) is 11.5 Å². The molecule has 3 heterocycles. The van der Waals surface area contributed by atoms with Crippen LogP contribution >= 0.6 is 0 Å². The van der Waals surface area contributed by atoms with E-state index < -0.39 is 23.4 Å². The van der Waals surface area contributed by atoms with Gasteiger partial charge in [-0.1, -0.05) is 18.2 Å². The number of amides is 1. The number of hydrogen-bond acceptors (Lipinski definition) is 5. The molecule has 0 bridgehead atoms. The average Bonchev–Trinajstić information content (AvgIpc) is 3.76. The Bertz CT molecular complexity index is 1600. The second-order valence-corrected chi connectivity index (χ2v) is 12.1. The van der Waals surface area contributed by atoms with Crippen LogP contribution < -0.4 is 5.32 Å². The Morgan fingerprint density at radius 2 is 1.80 bits per heavy atom. The van der Waals surface area contributed by atoms with Crippen LogP contribution in [0, 0.1) is 12.8 Å². The Kier molecular flexibility index (Phi) is 8.22. The molecule has 2 N–H and O–H groups in total. The van der Waals surface area contributed by atoms with E-state index in [0.717, 1.165) is 86.9 Å². The number of nitrogens with one attached hydrogen (secondary N) is 1. The number of carboxylic acid groups (broad SMARTS) is 1. The van der Waals surface area contributed by atoms with Gasteiger partial charge in [-0.25, -0.2) is 14.5 Å². The topological polar surface area (TPSA) is 100 Å². The lowest BCUT2D eigenvalue weighted by molar-refractivity contribution is -0.143. The zero-order valence-electron chi connectivity index (χ0n) is 24.7. The highest BCUT2D eigenvalue weighted by Gasteiger charge is 2.41. The Labute approximate surface area is 254 Å². The molecule has 0 unspecified atom stereocenters. The fourth-order valence-corrected chi connectivity index (χ4v) is 6.50. The second kappa shape index (κ2) is 12.1. The largest absolute Gasteiger partial charge is 0.478 e. The number of benzene rings is 1. The van der Waals surface area contributed by atoms with Crippen molar-refractivity contribution in [2.45, 2.75) is 70.4 Å². The summed E-state index contributed by atoms with van der Waals surface area (Å²) >= 11 is 0. The maximum absolute atomic E-state index is 13.8. The summed E-state index contributed by atoms with van der Waals surface area (Å²) in [5.41, 5.74) is 3.91. The number of anilines is 1. The van der Waals surface area contributed by atoms with Crippen LogP contribution in [0.4, 0.5) is 18.9 Å². The number of carbonyl (C=O) groups excluding carboxylic acids is 1. The first-order valence-electron chi connectivity index (χ1n) is 15.3. The first-order valence-corrected chi connectivity index (χ1v) is 15.3. The molecular formula is C33H36F3N5O3. The maximum Gasteiger partial charge on any atom is 0.434 e. The molecule has 0 radical (unpaired) electrons. The zero-order valence-corrected chi connectivity index (χ0v) is 24.7. The molecule has 2 aliphatic carbocycles. The Hall–Kier alpha value is -4.15. The number of aromatic nitrogens is 3. The minimum atomic E-state index is -4.92. The van der Waals surface area contributed by atoms with Gasteiger partial charge in [0.2, 0.25) is 5.91 Å². The average molecular weight is 608 g/mol. The van der Waals surface area contributed by atoms with Crippen molar-refractivity contribution in [3.8, 4) is 5.82 Å². The summed E-state index contributed by atoms with van der Waals surface area (Å²) in [4.78, 5) is 30.4. The van der Waals surface area contributed by atoms with Crippen LogP contribution in [-0.2, 0) is 11.0 Å². The van der Waals surface area contributed by atoms with E-state index in [9.17, 15) is 27.9 Å². The zero-order chi connectivity index (χ0) is 31.0. The number of halogens is 3. The maximum atomic E-state index is 13.8. The van der Waals surface area contributed by atoms with Crippen molar-refractivity contribution in [3.05, 3.63) is 76.2 Å². The molecule has 6 rings (SSSR count). The predicted molar refractivity (Wildman–Crippen MR) is 160 cm³/mol. The minimum absolute atomic E-state index is 0.0816. The summed E-state index contributed by atoms with van der Waals surface area (Å²) in [6.45, 7) is 4.32. The number of carbonyl (C=O) groups is 2. The second-order valence-electron chi connectivity index (χ2n) is 12.1. The highest BCUT2D eigenvalue weighted by atomic mass is 19.4. The van der Waals surface area contributed by atoms with Crippen LogP contribution in [-0.4, -0.2) is 56.3 Å². The first-order chi connectivity index (χ1) is 21.1. The summed E-state index contributed by atoms with van der Waals surface area (Å²) in [5, 5.41) is 16.6. The molecule has 11 heteroatoms. The number of carboxylic acids is 1. The van der Waals surface area contributed by atoms with Gasteiger partial charge >= 0.3 is 12.1 Å². The van der Waals surface area contributed by atoms with Gasteiger partial charge in [-0.05, 0) is 105 Å². The van der Waals surface area contributed by atoms with E-state index in [0.29, 0.717) is 34.9 Å². The molecule has 1 amide bonds. The molecule has 0 spiro atoms. The monoisotopic (exact) mass is 607 g/mol. The van der Waals surface area contributed by atoms with Crippen molar-refractivity contribution in [2.75, 3.05) is 25.0 Å². The summed E-state index contributed by atoms with van der Waals surface area (Å²) in [5.74, 6) is -0.739. The van der Waals surface area contributed by atoms with E-state index in [1.807, 2.05) is 4.90 Å². The molecule has 2 aromatic heterocycles. The molecule has 1 saturated carbocycles. The molecule has 3 aromatic rings. The number of aromatic carboxylic acids is 1. The van der Waals surface area contributed by atoms with Crippen LogP contribution in [0.15, 0.2) is 48.2 Å². The molecule has 0 atom stereocenters. The number of hydrogen-bond donors (Lipinski definition) is 2. The third-order valence-corrected chi connectivity index (χ3v) is 9.06. The number of nitrogens with zero attached hydrogens (tertiary/aromatic N) is 4. The SMILES string of the molecule is Cc1cc(C2CCN(C(=O)C3CC3)CC2)ccc1NCC1=C(c2cccc(-n3ncc(C(=O)O)c3C(F)(F)F)n2)CCCC1. The normalized spacial score (nSPS) is 18.0. The van der Waals surface area contributed by atoms with Crippen molar-refractivity contribution in [1.29, 1.82) is 0 Å². The van der Waals surface area contributed by atoms with Gasteiger partial charge in [0.1, 0.15) is 5.56 Å².